The van der Waals surface area contributed by atoms with Crippen LogP contribution in [0.4, 0.5) is 11.4 Å². The van der Waals surface area contributed by atoms with Crippen LogP contribution < -0.4 is 25.6 Å². The summed E-state index contributed by atoms with van der Waals surface area (Å²) in [6.45, 7) is 9.35. The number of imide groups is 1. The summed E-state index contributed by atoms with van der Waals surface area (Å²) in [5.74, 6) is -14.2. The summed E-state index contributed by atoms with van der Waals surface area (Å²) in [4.78, 5) is 83.2. The lowest BCUT2D eigenvalue weighted by molar-refractivity contribution is -0.289. The van der Waals surface area contributed by atoms with Crippen LogP contribution in [0.2, 0.25) is 0 Å². The third-order valence-electron chi connectivity index (χ3n) is 10.6. The standard InChI is InChI=1S/C40H55N5O14/c1-19(46)42-36(51)31-34(57-20(2)47)32(45(10)11)25-16-23-15-24-27(44(8)9)17-26(43-28(50)18-41-37(5,6)7)33(54-12)30(24)39(52,53)29(23)35(58-21(3)48)38(25,59-22(4)49)40(31)55-13-14-56-40/h17,23,25,32,41,52-53H,13-16,18H2,1-12H3,(H,43,50)(H,42,46,51)/t23-,25-,32-,38-/m0/s1. The second kappa shape index (κ2) is 16.3. The van der Waals surface area contributed by atoms with E-state index in [2.05, 4.69) is 16.0 Å². The Morgan fingerprint density at radius 1 is 0.932 bits per heavy atom. The highest BCUT2D eigenvalue weighted by atomic mass is 16.8. The Hall–Kier alpha value is -4.92. The molecule has 4 aliphatic rings. The number of anilines is 2. The first-order valence-corrected chi connectivity index (χ1v) is 19.1. The number of rotatable bonds is 10. The van der Waals surface area contributed by atoms with Gasteiger partial charge in [-0.15, -0.1) is 0 Å². The Labute approximate surface area is 342 Å². The number of amides is 3. The molecule has 19 heteroatoms. The summed E-state index contributed by atoms with van der Waals surface area (Å²) >= 11 is 0. The van der Waals surface area contributed by atoms with Crippen molar-refractivity contribution < 1.29 is 67.4 Å². The zero-order valence-corrected chi connectivity index (χ0v) is 35.5. The van der Waals surface area contributed by atoms with E-state index >= 15 is 0 Å². The smallest absolute Gasteiger partial charge is 0.307 e. The van der Waals surface area contributed by atoms with Crippen LogP contribution in [0.1, 0.15) is 66.0 Å². The Balaban J connectivity index is 1.95. The SMILES string of the molecule is COc1c(NC(=O)CNC(C)(C)C)cc(N(C)C)c2c1C(O)(O)C1=C(OC(C)=O)[C@@]3(OC(C)=O)[C@@H](C[C@@H]1C2)[C@H](N(C)C)C(OC(C)=O)=C(C(=O)NC(C)=O)C31OCCO1. The molecule has 59 heavy (non-hydrogen) atoms. The fourth-order valence-electron chi connectivity index (χ4n) is 8.89. The van der Waals surface area contributed by atoms with Crippen LogP contribution in [0.25, 0.3) is 0 Å². The van der Waals surface area contributed by atoms with Gasteiger partial charge in [0.1, 0.15) is 11.3 Å². The second-order valence-electron chi connectivity index (χ2n) is 16.5. The first kappa shape index (κ1) is 45.2. The molecule has 1 aromatic rings. The third-order valence-corrected chi connectivity index (χ3v) is 10.6. The number of aliphatic hydroxyl groups is 2. The minimum atomic E-state index is -3.13. The minimum Gasteiger partial charge on any atom is -0.494 e. The van der Waals surface area contributed by atoms with Gasteiger partial charge in [0, 0.05) is 64.5 Å². The number of likely N-dealkylation sites (N-methyl/N-ethyl adjacent to an activating group) is 1. The first-order valence-electron chi connectivity index (χ1n) is 19.1. The molecule has 1 aromatic carbocycles. The molecule has 5 N–H and O–H groups in total. The highest BCUT2D eigenvalue weighted by Crippen LogP contribution is 2.65. The lowest BCUT2D eigenvalue weighted by atomic mass is 9.55. The van der Waals surface area contributed by atoms with Crippen LogP contribution in [0.15, 0.2) is 28.7 Å². The average Bonchev–Trinajstić information content (AvgIpc) is 3.57. The zero-order chi connectivity index (χ0) is 44.2. The number of methoxy groups -OCH3 is 1. The monoisotopic (exact) mass is 829 g/mol. The van der Waals surface area contributed by atoms with Crippen molar-refractivity contribution in [3.8, 4) is 5.75 Å². The number of ether oxygens (including phenoxy) is 6. The maximum absolute atomic E-state index is 14.4. The molecule has 19 nitrogen and oxygen atoms in total. The van der Waals surface area contributed by atoms with E-state index in [4.69, 9.17) is 28.4 Å². The molecular formula is C40H55N5O14. The van der Waals surface area contributed by atoms with Gasteiger partial charge in [0.05, 0.1) is 44.2 Å². The molecule has 5 rings (SSSR count). The first-order chi connectivity index (χ1) is 27.3. The van der Waals surface area contributed by atoms with Gasteiger partial charge < -0.3 is 54.2 Å². The number of fused-ring (bicyclic) bond motifs is 4. The molecule has 3 amide bonds. The van der Waals surface area contributed by atoms with E-state index < -0.39 is 87.6 Å². The van der Waals surface area contributed by atoms with E-state index in [1.807, 2.05) is 20.8 Å². The molecule has 1 spiro atoms. The van der Waals surface area contributed by atoms with Crippen molar-refractivity contribution in [1.29, 1.82) is 0 Å². The Morgan fingerprint density at radius 2 is 1.54 bits per heavy atom. The van der Waals surface area contributed by atoms with Gasteiger partial charge in [0.15, 0.2) is 11.5 Å². The predicted molar refractivity (Wildman–Crippen MR) is 208 cm³/mol. The van der Waals surface area contributed by atoms with E-state index in [1.54, 1.807) is 44.1 Å². The van der Waals surface area contributed by atoms with Gasteiger partial charge in [-0.25, -0.2) is 0 Å². The van der Waals surface area contributed by atoms with Crippen LogP contribution >= 0.6 is 0 Å². The quantitative estimate of drug-likeness (QED) is 0.124. The number of nitrogens with zero attached hydrogens (tertiary/aromatic N) is 2. The van der Waals surface area contributed by atoms with Gasteiger partial charge in [0.2, 0.25) is 23.2 Å². The molecule has 324 valence electrons. The summed E-state index contributed by atoms with van der Waals surface area (Å²) < 4.78 is 36.7. The average molecular weight is 830 g/mol. The molecule has 1 aliphatic heterocycles. The molecule has 0 saturated carbocycles. The largest absolute Gasteiger partial charge is 0.494 e. The lowest BCUT2D eigenvalue weighted by Gasteiger charge is -2.60. The summed E-state index contributed by atoms with van der Waals surface area (Å²) in [5, 5.41) is 33.8. The van der Waals surface area contributed by atoms with Crippen LogP contribution in [-0.2, 0) is 64.7 Å². The zero-order valence-electron chi connectivity index (χ0n) is 35.5. The van der Waals surface area contributed by atoms with E-state index in [9.17, 15) is 39.0 Å². The van der Waals surface area contributed by atoms with Crippen molar-refractivity contribution in [1.82, 2.24) is 15.5 Å². The van der Waals surface area contributed by atoms with Gasteiger partial charge in [-0.1, -0.05) is 0 Å². The van der Waals surface area contributed by atoms with Crippen LogP contribution in [-0.4, -0.2) is 129 Å². The van der Waals surface area contributed by atoms with Crippen molar-refractivity contribution in [3.63, 3.8) is 0 Å². The fourth-order valence-corrected chi connectivity index (χ4v) is 8.89. The van der Waals surface area contributed by atoms with Gasteiger partial charge >= 0.3 is 17.9 Å². The number of nitrogens with one attached hydrogen (secondary N) is 3. The number of benzene rings is 1. The van der Waals surface area contributed by atoms with Crippen molar-refractivity contribution in [3.05, 3.63) is 39.9 Å². The maximum Gasteiger partial charge on any atom is 0.307 e. The van der Waals surface area contributed by atoms with Gasteiger partial charge in [0.25, 0.3) is 11.7 Å². The molecule has 4 atom stereocenters. The Kier molecular flexibility index (Phi) is 12.5. The van der Waals surface area contributed by atoms with Gasteiger partial charge in [-0.3, -0.25) is 39.0 Å². The molecule has 3 aliphatic carbocycles. The molecule has 1 saturated heterocycles. The highest BCUT2D eigenvalue weighted by Gasteiger charge is 2.78. The number of hydrogen-bond donors (Lipinski definition) is 5. The van der Waals surface area contributed by atoms with E-state index in [-0.39, 0.29) is 60.9 Å². The molecule has 0 radical (unpaired) electrons. The summed E-state index contributed by atoms with van der Waals surface area (Å²) in [5.41, 5.74) is -3.18. The van der Waals surface area contributed by atoms with Crippen molar-refractivity contribution in [2.45, 2.75) is 90.1 Å². The number of hydrogen-bond acceptors (Lipinski definition) is 17. The Morgan fingerprint density at radius 3 is 2.03 bits per heavy atom. The highest BCUT2D eigenvalue weighted by molar-refractivity contribution is 6.06. The molecule has 0 unspecified atom stereocenters. The van der Waals surface area contributed by atoms with Crippen LogP contribution in [0.3, 0.4) is 0 Å². The molecule has 1 fully saturated rings. The summed E-state index contributed by atoms with van der Waals surface area (Å²) in [6.07, 6.45) is -0.0840. The van der Waals surface area contributed by atoms with E-state index in [1.165, 1.54) is 7.11 Å². The fraction of sp³-hybridized carbons (Fsp3) is 0.600. The van der Waals surface area contributed by atoms with Crippen LogP contribution in [0, 0.1) is 11.8 Å². The van der Waals surface area contributed by atoms with E-state index in [0.29, 0.717) is 11.3 Å². The number of carbonyl (C=O) groups is 6. The van der Waals surface area contributed by atoms with Crippen molar-refractivity contribution in [2.75, 3.05) is 65.3 Å². The number of carbonyl (C=O) groups excluding carboxylic acids is 6. The second-order valence-corrected chi connectivity index (χ2v) is 16.5. The summed E-state index contributed by atoms with van der Waals surface area (Å²) in [6, 6.07) is 0.461. The topological polar surface area (TPSA) is 241 Å². The molecule has 1 heterocycles. The maximum atomic E-state index is 14.4. The van der Waals surface area contributed by atoms with Gasteiger partial charge in [-0.05, 0) is 65.3 Å². The summed E-state index contributed by atoms with van der Waals surface area (Å²) in [7, 11) is 7.96. The lowest BCUT2D eigenvalue weighted by Crippen LogP contribution is -2.74. The minimum absolute atomic E-state index is 0.0355. The Bertz CT molecular complexity index is 2010. The molecule has 0 bridgehead atoms. The molecule has 0 aromatic heterocycles. The van der Waals surface area contributed by atoms with E-state index in [0.717, 1.165) is 27.7 Å². The number of esters is 3. The third kappa shape index (κ3) is 7.94. The predicted octanol–water partition coefficient (Wildman–Crippen LogP) is 0.703. The van der Waals surface area contributed by atoms with Crippen molar-refractivity contribution in [2.24, 2.45) is 11.8 Å². The van der Waals surface area contributed by atoms with Crippen molar-refractivity contribution >= 4 is 47.0 Å². The van der Waals surface area contributed by atoms with Gasteiger partial charge in [-0.2, -0.15) is 0 Å². The van der Waals surface area contributed by atoms with Crippen LogP contribution in [0.5, 0.6) is 5.75 Å². The normalized spacial score (nSPS) is 24.1. The molecular weight excluding hydrogens is 774 g/mol.